The monoisotopic (exact) mass is 450 g/mol. The first kappa shape index (κ1) is 24.4. The highest BCUT2D eigenvalue weighted by Gasteiger charge is 2.53. The highest BCUT2D eigenvalue weighted by atomic mass is 19.4. The second kappa shape index (κ2) is 10.1. The van der Waals surface area contributed by atoms with Crippen LogP contribution < -0.4 is 10.2 Å². The molecule has 0 aromatic heterocycles. The number of alkyl halides is 3. The van der Waals surface area contributed by atoms with Gasteiger partial charge in [0.15, 0.2) is 6.04 Å². The molecule has 2 aromatic carbocycles. The van der Waals surface area contributed by atoms with Crippen molar-refractivity contribution in [3.63, 3.8) is 0 Å². The summed E-state index contributed by atoms with van der Waals surface area (Å²) in [7, 11) is 0. The normalized spacial score (nSPS) is 17.5. The Morgan fingerprint density at radius 2 is 1.81 bits per heavy atom. The van der Waals surface area contributed by atoms with Gasteiger partial charge in [-0.15, -0.1) is 0 Å². The lowest BCUT2D eigenvalue weighted by molar-refractivity contribution is -0.203. The fraction of sp³-hybridized carbons (Fsp3) is 0.560. The molecule has 32 heavy (non-hydrogen) atoms. The van der Waals surface area contributed by atoms with Gasteiger partial charge in [-0.2, -0.15) is 18.2 Å². The van der Waals surface area contributed by atoms with Crippen LogP contribution in [0, 0.1) is 0 Å². The summed E-state index contributed by atoms with van der Waals surface area (Å²) in [6.07, 6.45) is 2.27. The fourth-order valence-corrected chi connectivity index (χ4v) is 4.32. The largest absolute Gasteiger partial charge is 0.493 e. The van der Waals surface area contributed by atoms with Gasteiger partial charge in [0.1, 0.15) is 5.75 Å². The summed E-state index contributed by atoms with van der Waals surface area (Å²) in [5.41, 5.74) is 1.54. The number of ether oxygens (including phenoxy) is 1. The van der Waals surface area contributed by atoms with Gasteiger partial charge >= 0.3 is 6.18 Å². The zero-order chi connectivity index (χ0) is 23.4. The average molecular weight is 451 g/mol. The van der Waals surface area contributed by atoms with E-state index in [9.17, 15) is 18.0 Å². The summed E-state index contributed by atoms with van der Waals surface area (Å²) < 4.78 is 48.5. The minimum atomic E-state index is -4.56. The van der Waals surface area contributed by atoms with Crippen LogP contribution in [0.1, 0.15) is 77.3 Å². The van der Waals surface area contributed by atoms with Gasteiger partial charge in [0, 0.05) is 17.3 Å². The fourth-order valence-electron chi connectivity index (χ4n) is 4.32. The van der Waals surface area contributed by atoms with Crippen molar-refractivity contribution < 1.29 is 22.7 Å². The predicted octanol–water partition coefficient (Wildman–Crippen LogP) is 6.70. The van der Waals surface area contributed by atoms with Gasteiger partial charge in [-0.1, -0.05) is 63.3 Å². The molecule has 1 aliphatic heterocycles. The van der Waals surface area contributed by atoms with Crippen molar-refractivity contribution in [2.45, 2.75) is 83.5 Å². The Kier molecular flexibility index (Phi) is 7.70. The number of halogens is 3. The molecule has 0 radical (unpaired) electrons. The van der Waals surface area contributed by atoms with E-state index in [-0.39, 0.29) is 12.0 Å². The number of benzene rings is 2. The summed E-state index contributed by atoms with van der Waals surface area (Å²) in [6.45, 7) is 5.99. The molecule has 0 spiro atoms. The second-order valence-electron chi connectivity index (χ2n) is 9.19. The first-order chi connectivity index (χ1) is 15.1. The third kappa shape index (κ3) is 5.74. The maximum Gasteiger partial charge on any atom is 0.409 e. The van der Waals surface area contributed by atoms with E-state index in [0.717, 1.165) is 23.2 Å². The van der Waals surface area contributed by atoms with E-state index in [1.165, 1.54) is 31.7 Å². The standard InChI is InChI=1S/C25H33F3N2O2/c1-4-5-6-7-8-9-15-32-21-12-10-11-18-13-14-19(16-20(18)21)23(25(26,27)28)30-24(2,3)17-22(31)29-30/h10-14,16,23H,4-9,15,17H2,1-3H3,(H,29,31). The van der Waals surface area contributed by atoms with Gasteiger partial charge in [0.05, 0.1) is 6.61 Å². The molecule has 7 heteroatoms. The van der Waals surface area contributed by atoms with Crippen molar-refractivity contribution in [1.82, 2.24) is 10.4 Å². The zero-order valence-electron chi connectivity index (χ0n) is 19.1. The Labute approximate surface area is 188 Å². The number of hydrogen-bond donors (Lipinski definition) is 1. The molecule has 3 rings (SSSR count). The average Bonchev–Trinajstić information content (AvgIpc) is 2.98. The third-order valence-electron chi connectivity index (χ3n) is 6.00. The number of amides is 1. The summed E-state index contributed by atoms with van der Waals surface area (Å²) in [5, 5.41) is 2.50. The van der Waals surface area contributed by atoms with Crippen LogP contribution >= 0.6 is 0 Å². The van der Waals surface area contributed by atoms with Crippen molar-refractivity contribution in [3.8, 4) is 5.75 Å². The molecule has 2 aromatic rings. The van der Waals surface area contributed by atoms with E-state index in [0.29, 0.717) is 17.7 Å². The number of carbonyl (C=O) groups excluding carboxylic acids is 1. The molecule has 0 bridgehead atoms. The van der Waals surface area contributed by atoms with Gasteiger partial charge in [-0.25, -0.2) is 0 Å². The molecule has 1 saturated heterocycles. The van der Waals surface area contributed by atoms with E-state index in [1.54, 1.807) is 32.0 Å². The van der Waals surface area contributed by atoms with Gasteiger partial charge in [0.2, 0.25) is 5.91 Å². The van der Waals surface area contributed by atoms with E-state index < -0.39 is 23.7 Å². The molecule has 1 aliphatic rings. The van der Waals surface area contributed by atoms with E-state index in [4.69, 9.17) is 4.74 Å². The van der Waals surface area contributed by atoms with Crippen LogP contribution in [0.2, 0.25) is 0 Å². The van der Waals surface area contributed by atoms with Gasteiger partial charge in [0.25, 0.3) is 0 Å². The van der Waals surface area contributed by atoms with Crippen molar-refractivity contribution >= 4 is 16.7 Å². The zero-order valence-corrected chi connectivity index (χ0v) is 19.1. The van der Waals surface area contributed by atoms with E-state index in [2.05, 4.69) is 12.3 Å². The molecule has 1 fully saturated rings. The minimum Gasteiger partial charge on any atom is -0.493 e. The van der Waals surface area contributed by atoms with Crippen LogP contribution in [0.4, 0.5) is 13.2 Å². The van der Waals surface area contributed by atoms with Crippen LogP contribution in [0.25, 0.3) is 10.8 Å². The Hall–Kier alpha value is -2.28. The number of fused-ring (bicyclic) bond motifs is 1. The summed E-state index contributed by atoms with van der Waals surface area (Å²) >= 11 is 0. The molecule has 1 heterocycles. The van der Waals surface area contributed by atoms with Crippen LogP contribution in [-0.4, -0.2) is 29.2 Å². The lowest BCUT2D eigenvalue weighted by Crippen LogP contribution is -2.51. The molecule has 4 nitrogen and oxygen atoms in total. The Bertz CT molecular complexity index is 927. The van der Waals surface area contributed by atoms with Crippen molar-refractivity contribution in [1.29, 1.82) is 0 Å². The lowest BCUT2D eigenvalue weighted by atomic mass is 9.95. The van der Waals surface area contributed by atoms with Gasteiger partial charge < -0.3 is 4.74 Å². The summed E-state index contributed by atoms with van der Waals surface area (Å²) in [6, 6.07) is 8.28. The lowest BCUT2D eigenvalue weighted by Gasteiger charge is -2.38. The number of nitrogens with zero attached hydrogens (tertiary/aromatic N) is 1. The Morgan fingerprint density at radius 1 is 1.09 bits per heavy atom. The number of carbonyl (C=O) groups is 1. The Balaban J connectivity index is 1.83. The van der Waals surface area contributed by atoms with Crippen LogP contribution in [0.15, 0.2) is 36.4 Å². The maximum atomic E-state index is 14.2. The SMILES string of the molecule is CCCCCCCCOc1cccc2ccc(C(N3NC(=O)CC3(C)C)C(F)(F)F)cc12. The maximum absolute atomic E-state index is 14.2. The summed E-state index contributed by atoms with van der Waals surface area (Å²) in [5.74, 6) is 0.177. The molecule has 0 aliphatic carbocycles. The number of unbranched alkanes of at least 4 members (excludes halogenated alkanes) is 5. The van der Waals surface area contributed by atoms with E-state index in [1.807, 2.05) is 12.1 Å². The molecule has 1 N–H and O–H groups in total. The number of hydrogen-bond acceptors (Lipinski definition) is 3. The minimum absolute atomic E-state index is 0.0137. The van der Waals surface area contributed by atoms with Gasteiger partial charge in [-0.05, 0) is 43.4 Å². The molecule has 0 saturated carbocycles. The first-order valence-corrected chi connectivity index (χ1v) is 11.4. The van der Waals surface area contributed by atoms with Gasteiger partial charge in [-0.3, -0.25) is 10.2 Å². The molecule has 1 amide bonds. The highest BCUT2D eigenvalue weighted by molar-refractivity contribution is 5.89. The van der Waals surface area contributed by atoms with Crippen molar-refractivity contribution in [2.24, 2.45) is 0 Å². The van der Waals surface area contributed by atoms with Crippen LogP contribution in [0.3, 0.4) is 0 Å². The van der Waals surface area contributed by atoms with Crippen LogP contribution in [-0.2, 0) is 4.79 Å². The van der Waals surface area contributed by atoms with Crippen molar-refractivity contribution in [3.05, 3.63) is 42.0 Å². The molecular weight excluding hydrogens is 417 g/mol. The third-order valence-corrected chi connectivity index (χ3v) is 6.00. The molecular formula is C25H33F3N2O2. The number of rotatable bonds is 10. The number of hydrazine groups is 1. The topological polar surface area (TPSA) is 41.6 Å². The summed E-state index contributed by atoms with van der Waals surface area (Å²) in [4.78, 5) is 11.9. The highest BCUT2D eigenvalue weighted by Crippen LogP contribution is 2.43. The second-order valence-corrected chi connectivity index (χ2v) is 9.19. The van der Waals surface area contributed by atoms with Crippen molar-refractivity contribution in [2.75, 3.05) is 6.61 Å². The van der Waals surface area contributed by atoms with E-state index >= 15 is 0 Å². The molecule has 176 valence electrons. The first-order valence-electron chi connectivity index (χ1n) is 11.4. The Morgan fingerprint density at radius 3 is 2.47 bits per heavy atom. The van der Waals surface area contributed by atoms with Crippen LogP contribution in [0.5, 0.6) is 5.75 Å². The number of nitrogens with one attached hydrogen (secondary N) is 1. The quantitative estimate of drug-likeness (QED) is 0.410. The predicted molar refractivity (Wildman–Crippen MR) is 120 cm³/mol. The molecule has 1 unspecified atom stereocenters. The molecule has 1 atom stereocenters. The smallest absolute Gasteiger partial charge is 0.409 e.